The molecule has 0 aliphatic rings. The molecule has 0 aromatic heterocycles. The summed E-state index contributed by atoms with van der Waals surface area (Å²) in [6.45, 7) is 24.7. The predicted molar refractivity (Wildman–Crippen MR) is 300 cm³/mol. The van der Waals surface area contributed by atoms with E-state index in [1.54, 1.807) is 0 Å². The fourth-order valence-corrected chi connectivity index (χ4v) is 7.35. The van der Waals surface area contributed by atoms with Crippen molar-refractivity contribution in [2.75, 3.05) is 168 Å². The van der Waals surface area contributed by atoms with Gasteiger partial charge >= 0.3 is 8.53 Å². The Morgan fingerprint density at radius 3 is 1.07 bits per heavy atom. The number of hydrogen-bond donors (Lipinski definition) is 6. The highest BCUT2D eigenvalue weighted by Crippen LogP contribution is 2.45. The van der Waals surface area contributed by atoms with Crippen molar-refractivity contribution in [2.24, 2.45) is 20.8 Å². The number of nitrogens with zero attached hydrogens (tertiary/aromatic N) is 3. The molecule has 0 aromatic carbocycles. The van der Waals surface area contributed by atoms with Crippen LogP contribution < -0.4 is 0 Å². The van der Waals surface area contributed by atoms with Gasteiger partial charge in [-0.1, -0.05) is 41.4 Å². The number of ether oxygens (including phenoxy) is 7. The summed E-state index contributed by atoms with van der Waals surface area (Å²) in [5.74, 6) is 0. The van der Waals surface area contributed by atoms with Crippen LogP contribution >= 0.6 is 16.9 Å². The molecule has 0 aliphatic carbocycles. The first-order valence-electron chi connectivity index (χ1n) is 30.8. The normalized spacial score (nSPS) is 13.9. The van der Waals surface area contributed by atoms with Gasteiger partial charge in [-0.05, 0) is 86.5 Å². The van der Waals surface area contributed by atoms with Crippen LogP contribution in [0.25, 0.3) is 0 Å². The lowest BCUT2D eigenvalue weighted by atomic mass is 9.92. The van der Waals surface area contributed by atoms with Crippen molar-refractivity contribution in [1.82, 2.24) is 4.67 Å². The number of hydrogen-bond acceptors (Lipinski definition) is 20. The number of aliphatic hydroxyl groups is 6. The van der Waals surface area contributed by atoms with Crippen molar-refractivity contribution in [1.29, 1.82) is 8.59 Å². The fraction of sp³-hybridized carbons (Fsp3) is 0.960. The summed E-state index contributed by atoms with van der Waals surface area (Å²) >= 11 is 0. The zero-order valence-corrected chi connectivity index (χ0v) is 49.2. The monoisotopic (exact) mass is 1110 g/mol. The molecule has 72 heavy (non-hydrogen) atoms. The molecule has 444 valence electrons. The maximum Gasteiger partial charge on any atom is 0.322 e. The Bertz CT molecular complexity index is 1120. The number of aliphatic imine (C=N–C) groups is 2. The van der Waals surface area contributed by atoms with Crippen molar-refractivity contribution in [3.8, 4) is 0 Å². The molecule has 20 nitrogen and oxygen atoms in total. The van der Waals surface area contributed by atoms with Gasteiger partial charge in [-0.2, -0.15) is 0 Å². The van der Waals surface area contributed by atoms with Gasteiger partial charge in [0.1, 0.15) is 0 Å². The van der Waals surface area contributed by atoms with E-state index in [-0.39, 0.29) is 12.1 Å². The van der Waals surface area contributed by atoms with Gasteiger partial charge in [0.2, 0.25) is 17.0 Å². The Morgan fingerprint density at radius 2 is 0.778 bits per heavy atom. The molecule has 0 aliphatic heterocycles. The SMILES string of the molecule is [2H]CCCOCC(COCCC[2H])(COCCC[2H])COCCCOP(OC=NCC)N(C(C)C)C(C)C.[2H]CCCOCC(COCCC[2H])(COCCC[2H])COP(C)OC=NCC.[3H]OC.[3H]OC.[3H]OC.[3H]OC.[3H]OC.[3H]OC. The summed E-state index contributed by atoms with van der Waals surface area (Å²) in [5, 5.41) is 21.0. The van der Waals surface area contributed by atoms with E-state index in [0.29, 0.717) is 205 Å². The average molecular weight is 1110 g/mol. The van der Waals surface area contributed by atoms with Crippen LogP contribution in [0.2, 0.25) is 0 Å². The third kappa shape index (κ3) is 60.0. The smallest absolute Gasteiger partial charge is 0.322 e. The van der Waals surface area contributed by atoms with Crippen molar-refractivity contribution in [3.05, 3.63) is 0 Å². The van der Waals surface area contributed by atoms with E-state index in [9.17, 15) is 0 Å². The zero-order valence-electron chi connectivity index (χ0n) is 59.4. The second kappa shape index (κ2) is 76.7. The van der Waals surface area contributed by atoms with E-state index in [0.717, 1.165) is 0 Å². The van der Waals surface area contributed by atoms with Crippen LogP contribution in [0.4, 0.5) is 0 Å². The minimum Gasteiger partial charge on any atom is -0.437 e. The molecular formula is C50H117N3O17P2. The first kappa shape index (κ1) is 62.0. The van der Waals surface area contributed by atoms with Gasteiger partial charge in [0.15, 0.2) is 12.8 Å². The molecule has 0 heterocycles. The van der Waals surface area contributed by atoms with Crippen LogP contribution in [-0.2, 0) is 51.3 Å². The number of rotatable bonds is 43. The molecule has 0 amide bonds. The maximum absolute atomic E-state index is 7.36. The lowest BCUT2D eigenvalue weighted by molar-refractivity contribution is -0.107. The van der Waals surface area contributed by atoms with Crippen molar-refractivity contribution >= 4 is 29.7 Å². The Kier molecular flexibility index (Phi) is 66.0. The Balaban J connectivity index is -0.000000182. The molecule has 0 fully saturated rings. The molecule has 0 rings (SSSR count). The summed E-state index contributed by atoms with van der Waals surface area (Å²) < 4.78 is 145. The van der Waals surface area contributed by atoms with Crippen LogP contribution in [-0.4, -0.2) is 237 Å². The van der Waals surface area contributed by atoms with E-state index < -0.39 is 27.7 Å². The van der Waals surface area contributed by atoms with E-state index in [2.05, 4.69) is 73.0 Å². The molecule has 0 spiro atoms. The first-order valence-corrected chi connectivity index (χ1v) is 26.9. The topological polar surface area (TPSA) is 251 Å². The third-order valence-corrected chi connectivity index (χ3v) is 10.7. The van der Waals surface area contributed by atoms with Gasteiger partial charge in [0.05, 0.1) is 70.3 Å². The van der Waals surface area contributed by atoms with Gasteiger partial charge in [-0.25, -0.2) is 4.67 Å². The summed E-state index contributed by atoms with van der Waals surface area (Å²) in [7, 11) is 5.35. The lowest BCUT2D eigenvalue weighted by Crippen LogP contribution is -2.42. The quantitative estimate of drug-likeness (QED) is 0.0146. The molecule has 0 saturated heterocycles. The van der Waals surface area contributed by atoms with Crippen molar-refractivity contribution in [2.45, 2.75) is 140 Å². The highest BCUT2D eigenvalue weighted by molar-refractivity contribution is 7.46. The minimum absolute atomic E-state index is 0.271. The Labute approximate surface area is 461 Å². The second-order valence-electron chi connectivity index (χ2n) is 14.6. The fourth-order valence-electron chi connectivity index (χ4n) is 5.14. The third-order valence-electron chi connectivity index (χ3n) is 7.87. The maximum atomic E-state index is 7.36. The molecule has 0 saturated carbocycles. The number of aliphatic hydroxyl groups excluding tert-OH is 6. The molecule has 2 unspecified atom stereocenters. The summed E-state index contributed by atoms with van der Waals surface area (Å²) in [5.41, 5.74) is -1.00. The lowest BCUT2D eigenvalue weighted by Gasteiger charge is -2.34. The molecule has 0 radical (unpaired) electrons. The Morgan fingerprint density at radius 1 is 0.486 bits per heavy atom. The first-order chi connectivity index (χ1) is 40.5. The van der Waals surface area contributed by atoms with Crippen LogP contribution in [0.5, 0.6) is 0 Å². The van der Waals surface area contributed by atoms with Crippen molar-refractivity contribution < 1.29 is 90.1 Å². The van der Waals surface area contributed by atoms with E-state index >= 15 is 0 Å². The van der Waals surface area contributed by atoms with Crippen molar-refractivity contribution in [3.63, 3.8) is 0 Å². The van der Waals surface area contributed by atoms with E-state index in [1.807, 2.05) is 20.5 Å². The van der Waals surface area contributed by atoms with Crippen LogP contribution in [0.3, 0.4) is 0 Å². The molecule has 6 N–H and O–H groups in total. The van der Waals surface area contributed by atoms with Gasteiger partial charge < -0.3 is 81.9 Å². The largest absolute Gasteiger partial charge is 0.437 e. The van der Waals surface area contributed by atoms with Gasteiger partial charge in [-0.15, -0.1) is 0 Å². The molecule has 0 bridgehead atoms. The highest BCUT2D eigenvalue weighted by Gasteiger charge is 2.34. The standard InChI is InChI=1S/C26H55N2O6P.C18H38NO5P.6CH4O/c1-9-14-29-19-26(20-30-15-10-2,21-31-16-11-3)22-32-17-13-18-33-35(34-23-27-12-4)28(24(5)6)25(7)8;1-6-10-20-13-18(14-21-11-7-2,15-22-12-8-3)16-23-25(5)24-17-19-9-4;6*1-2/h23-25H,9-22H2,1-8H3;17H,6-16H2,1-5H3;6*2H,1H3/i2*1D,2D,3D;6*2T. The van der Waals surface area contributed by atoms with Crippen LogP contribution in [0, 0.1) is 10.8 Å². The molecular weight excluding hydrogens is 977 g/mol. The molecule has 0 aromatic rings. The van der Waals surface area contributed by atoms with Gasteiger partial charge in [-0.3, -0.25) is 9.98 Å². The Hall–Kier alpha value is -0.840. The summed E-state index contributed by atoms with van der Waals surface area (Å²) in [6, 6.07) is 0.543. The van der Waals surface area contributed by atoms with E-state index in [1.165, 1.54) is 55.5 Å². The van der Waals surface area contributed by atoms with Gasteiger partial charge in [0.25, 0.3) is 0 Å². The minimum atomic E-state index is -1.27. The molecule has 2 atom stereocenters. The second-order valence-corrected chi connectivity index (χ2v) is 17.4. The van der Waals surface area contributed by atoms with Crippen LogP contribution in [0.15, 0.2) is 9.98 Å². The zero-order chi connectivity index (χ0) is 65.7. The van der Waals surface area contributed by atoms with Gasteiger partial charge in [0, 0.05) is 129 Å². The molecule has 22 heteroatoms. The van der Waals surface area contributed by atoms with Crippen LogP contribution in [0.1, 0.15) is 136 Å². The summed E-state index contributed by atoms with van der Waals surface area (Å²) in [6.07, 6.45) is 7.66. The predicted octanol–water partition coefficient (Wildman–Crippen LogP) is 8.01. The highest BCUT2D eigenvalue weighted by atomic mass is 31.2. The average Bonchev–Trinajstić information content (AvgIpc) is 3.48. The van der Waals surface area contributed by atoms with E-state index in [4.69, 9.17) is 68.1 Å². The summed E-state index contributed by atoms with van der Waals surface area (Å²) in [4.78, 5) is 8.20.